The van der Waals surface area contributed by atoms with Crippen molar-refractivity contribution in [2.24, 2.45) is 0 Å². The van der Waals surface area contributed by atoms with Crippen LogP contribution in [-0.2, 0) is 13.3 Å². The first-order valence-corrected chi connectivity index (χ1v) is 6.61. The summed E-state index contributed by atoms with van der Waals surface area (Å²) in [7, 11) is -1.79. The first kappa shape index (κ1) is 16.5. The molecule has 0 unspecified atom stereocenters. The van der Waals surface area contributed by atoms with Crippen molar-refractivity contribution in [3.8, 4) is 0 Å². The second kappa shape index (κ2) is 13.0. The van der Waals surface area contributed by atoms with Crippen LogP contribution in [0.15, 0.2) is 0 Å². The Morgan fingerprint density at radius 3 is 1.21 bits per heavy atom. The van der Waals surface area contributed by atoms with Crippen LogP contribution in [0, 0.1) is 0 Å². The number of rotatable bonds is 9. The van der Waals surface area contributed by atoms with Gasteiger partial charge in [0.05, 0.1) is 0 Å². The maximum absolute atomic E-state index is 5.49. The van der Waals surface area contributed by atoms with Crippen molar-refractivity contribution in [1.29, 1.82) is 0 Å². The minimum absolute atomic E-state index is 0. The molecule has 0 rings (SSSR count). The minimum atomic E-state index is -1.79. The zero-order chi connectivity index (χ0) is 9.94. The predicted octanol–water partition coefficient (Wildman–Crippen LogP) is 2.14. The van der Waals surface area contributed by atoms with Gasteiger partial charge in [0.1, 0.15) is 0 Å². The van der Waals surface area contributed by atoms with Crippen LogP contribution in [0.2, 0.25) is 0 Å². The fraction of sp³-hybridized carbons (Fsp3) is 1.00. The predicted molar refractivity (Wildman–Crippen MR) is 58.4 cm³/mol. The van der Waals surface area contributed by atoms with E-state index in [9.17, 15) is 0 Å². The highest BCUT2D eigenvalue weighted by Gasteiger charge is 2.13. The Morgan fingerprint density at radius 1 is 0.714 bits per heavy atom. The lowest BCUT2D eigenvalue weighted by molar-refractivity contribution is 0.0933. The standard InChI is InChI=1S/C9H22O3Si.FH/c1-4-7-10-13(11-8-5-2)12-9-6-3;/h13H,4-9H2,1-3H3;1H. The summed E-state index contributed by atoms with van der Waals surface area (Å²) in [6.07, 6.45) is 3.07. The maximum Gasteiger partial charge on any atom is 0.484 e. The normalized spacial score (nSPS) is 10.3. The molecule has 0 aromatic carbocycles. The SMILES string of the molecule is CCCO[SiH](OCCC)OCCC.F. The van der Waals surface area contributed by atoms with Crippen LogP contribution in [0.4, 0.5) is 4.70 Å². The molecule has 0 spiro atoms. The molecule has 0 aliphatic heterocycles. The van der Waals surface area contributed by atoms with Gasteiger partial charge in [0, 0.05) is 19.8 Å². The highest BCUT2D eigenvalue weighted by atomic mass is 28.3. The van der Waals surface area contributed by atoms with E-state index in [4.69, 9.17) is 13.3 Å². The van der Waals surface area contributed by atoms with Crippen molar-refractivity contribution >= 4 is 9.53 Å². The largest absolute Gasteiger partial charge is 0.484 e. The van der Waals surface area contributed by atoms with Crippen LogP contribution in [0.3, 0.4) is 0 Å². The maximum atomic E-state index is 5.49. The number of hydrogen-bond acceptors (Lipinski definition) is 3. The smallest absolute Gasteiger partial charge is 0.376 e. The summed E-state index contributed by atoms with van der Waals surface area (Å²) in [5.41, 5.74) is 0. The molecule has 14 heavy (non-hydrogen) atoms. The first-order chi connectivity index (χ1) is 6.35. The van der Waals surface area contributed by atoms with Gasteiger partial charge in [0.15, 0.2) is 0 Å². The zero-order valence-electron chi connectivity index (χ0n) is 9.45. The Kier molecular flexibility index (Phi) is 15.3. The van der Waals surface area contributed by atoms with Crippen molar-refractivity contribution in [3.63, 3.8) is 0 Å². The molecular weight excluding hydrogens is 203 g/mol. The molecule has 3 nitrogen and oxygen atoms in total. The van der Waals surface area contributed by atoms with Crippen molar-refractivity contribution in [1.82, 2.24) is 0 Å². The van der Waals surface area contributed by atoms with Crippen molar-refractivity contribution in [3.05, 3.63) is 0 Å². The van der Waals surface area contributed by atoms with E-state index in [2.05, 4.69) is 20.8 Å². The molecule has 0 aromatic rings. The van der Waals surface area contributed by atoms with Gasteiger partial charge >= 0.3 is 9.53 Å². The molecule has 0 N–H and O–H groups in total. The third kappa shape index (κ3) is 10.1. The van der Waals surface area contributed by atoms with E-state index in [0.29, 0.717) is 0 Å². The molecule has 0 atom stereocenters. The number of halogens is 1. The molecule has 0 radical (unpaired) electrons. The molecule has 0 saturated heterocycles. The summed E-state index contributed by atoms with van der Waals surface area (Å²) in [4.78, 5) is 0. The Balaban J connectivity index is 0. The van der Waals surface area contributed by atoms with Crippen LogP contribution in [0.5, 0.6) is 0 Å². The van der Waals surface area contributed by atoms with E-state index in [1.807, 2.05) is 0 Å². The molecule has 0 fully saturated rings. The van der Waals surface area contributed by atoms with Crippen molar-refractivity contribution in [2.75, 3.05) is 19.8 Å². The van der Waals surface area contributed by atoms with E-state index >= 15 is 0 Å². The average Bonchev–Trinajstić information content (AvgIpc) is 2.17. The summed E-state index contributed by atoms with van der Waals surface area (Å²) < 4.78 is 16.5. The van der Waals surface area contributed by atoms with Gasteiger partial charge in [0.2, 0.25) is 0 Å². The molecule has 5 heteroatoms. The lowest BCUT2D eigenvalue weighted by atomic mass is 10.5. The van der Waals surface area contributed by atoms with E-state index in [1.165, 1.54) is 0 Å². The lowest BCUT2D eigenvalue weighted by Crippen LogP contribution is -2.28. The van der Waals surface area contributed by atoms with E-state index in [1.54, 1.807) is 0 Å². The molecule has 0 saturated carbocycles. The lowest BCUT2D eigenvalue weighted by Gasteiger charge is -2.15. The molecule has 88 valence electrons. The van der Waals surface area contributed by atoms with Gasteiger partial charge in [-0.05, 0) is 19.3 Å². The molecule has 0 bridgehead atoms. The average molecular weight is 226 g/mol. The van der Waals surface area contributed by atoms with Crippen molar-refractivity contribution < 1.29 is 18.0 Å². The van der Waals surface area contributed by atoms with Gasteiger partial charge in [0.25, 0.3) is 0 Å². The Hall–Kier alpha value is 0.0269. The Bertz CT molecular complexity index is 87.0. The van der Waals surface area contributed by atoms with Crippen LogP contribution in [0.25, 0.3) is 0 Å². The third-order valence-corrected chi connectivity index (χ3v) is 2.90. The van der Waals surface area contributed by atoms with Crippen molar-refractivity contribution in [2.45, 2.75) is 40.0 Å². The first-order valence-electron chi connectivity index (χ1n) is 5.19. The Labute approximate surface area is 88.1 Å². The molecule has 0 aliphatic rings. The highest BCUT2D eigenvalue weighted by Crippen LogP contribution is 1.96. The summed E-state index contributed by atoms with van der Waals surface area (Å²) >= 11 is 0. The van der Waals surface area contributed by atoms with E-state index in [0.717, 1.165) is 39.1 Å². The molecule has 0 aromatic heterocycles. The zero-order valence-corrected chi connectivity index (χ0v) is 10.6. The van der Waals surface area contributed by atoms with E-state index < -0.39 is 9.53 Å². The number of hydrogen-bond donors (Lipinski definition) is 0. The summed E-state index contributed by atoms with van der Waals surface area (Å²) in [5, 5.41) is 0. The van der Waals surface area contributed by atoms with Gasteiger partial charge < -0.3 is 13.3 Å². The summed E-state index contributed by atoms with van der Waals surface area (Å²) in [6, 6.07) is 0. The fourth-order valence-electron chi connectivity index (χ4n) is 0.787. The summed E-state index contributed by atoms with van der Waals surface area (Å²) in [5.74, 6) is 0. The third-order valence-electron chi connectivity index (χ3n) is 1.37. The van der Waals surface area contributed by atoms with Crippen LogP contribution < -0.4 is 0 Å². The van der Waals surface area contributed by atoms with Crippen LogP contribution >= 0.6 is 0 Å². The minimum Gasteiger partial charge on any atom is -0.376 e. The quantitative estimate of drug-likeness (QED) is 0.564. The van der Waals surface area contributed by atoms with Gasteiger partial charge in [-0.15, -0.1) is 0 Å². The van der Waals surface area contributed by atoms with Gasteiger partial charge in [-0.1, -0.05) is 20.8 Å². The second-order valence-electron chi connectivity index (χ2n) is 2.90. The molecule has 0 heterocycles. The van der Waals surface area contributed by atoms with Crippen LogP contribution in [-0.4, -0.2) is 29.3 Å². The Morgan fingerprint density at radius 2 is 1.00 bits per heavy atom. The molecule has 0 aliphatic carbocycles. The highest BCUT2D eigenvalue weighted by molar-refractivity contribution is 6.36. The second-order valence-corrected chi connectivity index (χ2v) is 4.48. The molecular formula is C9H23FO3Si. The van der Waals surface area contributed by atoms with Gasteiger partial charge in [-0.3, -0.25) is 4.70 Å². The molecule has 0 amide bonds. The monoisotopic (exact) mass is 226 g/mol. The fourth-order valence-corrected chi connectivity index (χ4v) is 2.36. The van der Waals surface area contributed by atoms with E-state index in [-0.39, 0.29) is 4.70 Å². The topological polar surface area (TPSA) is 27.7 Å². The van der Waals surface area contributed by atoms with Gasteiger partial charge in [-0.25, -0.2) is 0 Å². The summed E-state index contributed by atoms with van der Waals surface area (Å²) in [6.45, 7) is 8.53. The van der Waals surface area contributed by atoms with Crippen LogP contribution in [0.1, 0.15) is 40.0 Å². The van der Waals surface area contributed by atoms with Gasteiger partial charge in [-0.2, -0.15) is 0 Å².